The van der Waals surface area contributed by atoms with Gasteiger partial charge in [0.25, 0.3) is 0 Å². The molecule has 0 amide bonds. The van der Waals surface area contributed by atoms with Gasteiger partial charge in [-0.2, -0.15) is 13.2 Å². The third kappa shape index (κ3) is 5.08. The summed E-state index contributed by atoms with van der Waals surface area (Å²) in [5, 5.41) is 3.32. The molecular weight excluding hydrogens is 285 g/mol. The number of methoxy groups -OCH3 is 1. The first-order chi connectivity index (χ1) is 9.98. The van der Waals surface area contributed by atoms with Crippen molar-refractivity contribution >= 4 is 5.69 Å². The van der Waals surface area contributed by atoms with E-state index in [9.17, 15) is 13.2 Å². The van der Waals surface area contributed by atoms with Crippen LogP contribution in [0.5, 0.6) is 5.88 Å². The van der Waals surface area contributed by atoms with E-state index in [0.717, 1.165) is 31.4 Å². The summed E-state index contributed by atoms with van der Waals surface area (Å²) in [4.78, 5) is 3.87. The van der Waals surface area contributed by atoms with Gasteiger partial charge in [-0.3, -0.25) is 0 Å². The Bertz CT molecular complexity index is 437. The van der Waals surface area contributed by atoms with E-state index >= 15 is 0 Å². The first-order valence-corrected chi connectivity index (χ1v) is 6.93. The van der Waals surface area contributed by atoms with Crippen molar-refractivity contribution in [2.24, 2.45) is 0 Å². The Morgan fingerprint density at radius 2 is 2.05 bits per heavy atom. The Morgan fingerprint density at radius 1 is 1.29 bits per heavy atom. The zero-order chi connectivity index (χ0) is 15.3. The van der Waals surface area contributed by atoms with Gasteiger partial charge in [-0.25, -0.2) is 4.98 Å². The number of ether oxygens (including phenoxy) is 2. The lowest BCUT2D eigenvalue weighted by atomic mass is 9.92. The predicted molar refractivity (Wildman–Crippen MR) is 72.5 cm³/mol. The van der Waals surface area contributed by atoms with Crippen molar-refractivity contribution < 1.29 is 22.6 Å². The summed E-state index contributed by atoms with van der Waals surface area (Å²) in [5.41, 5.74) is 0.753. The van der Waals surface area contributed by atoms with E-state index < -0.39 is 12.8 Å². The monoisotopic (exact) mass is 304 g/mol. The molecule has 1 aromatic heterocycles. The van der Waals surface area contributed by atoms with Gasteiger partial charge in [0.1, 0.15) is 0 Å². The molecule has 1 aliphatic rings. The van der Waals surface area contributed by atoms with Crippen LogP contribution in [-0.4, -0.2) is 37.0 Å². The van der Waals surface area contributed by atoms with Crippen molar-refractivity contribution in [3.63, 3.8) is 0 Å². The Labute approximate surface area is 121 Å². The van der Waals surface area contributed by atoms with E-state index in [0.29, 0.717) is 0 Å². The quantitative estimate of drug-likeness (QED) is 0.905. The molecule has 0 radical (unpaired) electrons. The fourth-order valence-electron chi connectivity index (χ4n) is 2.46. The third-order valence-electron chi connectivity index (χ3n) is 3.48. The molecule has 118 valence electrons. The topological polar surface area (TPSA) is 43.4 Å². The largest absolute Gasteiger partial charge is 0.468 e. The maximum atomic E-state index is 12.0. The van der Waals surface area contributed by atoms with Crippen LogP contribution >= 0.6 is 0 Å². The number of pyridine rings is 1. The Balaban J connectivity index is 1.89. The van der Waals surface area contributed by atoms with Gasteiger partial charge in [0.15, 0.2) is 6.61 Å². The van der Waals surface area contributed by atoms with Crippen LogP contribution in [-0.2, 0) is 4.74 Å². The number of hydrogen-bond donors (Lipinski definition) is 1. The molecule has 1 aromatic rings. The number of hydrogen-bond acceptors (Lipinski definition) is 4. The molecule has 4 nitrogen and oxygen atoms in total. The lowest BCUT2D eigenvalue weighted by Crippen LogP contribution is -2.37. The molecule has 2 unspecified atom stereocenters. The highest BCUT2D eigenvalue weighted by Gasteiger charge is 2.28. The van der Waals surface area contributed by atoms with Crippen LogP contribution in [0.4, 0.5) is 18.9 Å². The van der Waals surface area contributed by atoms with Crippen LogP contribution < -0.4 is 10.1 Å². The second kappa shape index (κ2) is 6.98. The minimum Gasteiger partial charge on any atom is -0.468 e. The number of alkyl halides is 3. The minimum atomic E-state index is -4.35. The van der Waals surface area contributed by atoms with Crippen LogP contribution in [0.1, 0.15) is 25.7 Å². The number of nitrogens with zero attached hydrogens (tertiary/aromatic N) is 1. The summed E-state index contributed by atoms with van der Waals surface area (Å²) in [6.07, 6.45) is 1.58. The van der Waals surface area contributed by atoms with Crippen LogP contribution in [0, 0.1) is 0 Å². The normalized spacial score (nSPS) is 22.9. The van der Waals surface area contributed by atoms with Gasteiger partial charge in [0.2, 0.25) is 5.88 Å². The second-order valence-corrected chi connectivity index (χ2v) is 5.10. The van der Waals surface area contributed by atoms with Crippen LogP contribution in [0.15, 0.2) is 18.3 Å². The molecule has 0 aliphatic heterocycles. The summed E-state index contributed by atoms with van der Waals surface area (Å²) in [5.74, 6) is -0.0372. The molecule has 0 bridgehead atoms. The first kappa shape index (κ1) is 15.9. The van der Waals surface area contributed by atoms with Crippen molar-refractivity contribution in [3.05, 3.63) is 18.3 Å². The number of halogens is 3. The minimum absolute atomic E-state index is 0.0372. The zero-order valence-corrected chi connectivity index (χ0v) is 11.8. The van der Waals surface area contributed by atoms with Crippen LogP contribution in [0.2, 0.25) is 0 Å². The second-order valence-electron chi connectivity index (χ2n) is 5.10. The van der Waals surface area contributed by atoms with Crippen molar-refractivity contribution in [2.45, 2.75) is 44.0 Å². The smallest absolute Gasteiger partial charge is 0.422 e. The van der Waals surface area contributed by atoms with Gasteiger partial charge in [-0.1, -0.05) is 12.8 Å². The maximum absolute atomic E-state index is 12.0. The average molecular weight is 304 g/mol. The Morgan fingerprint density at radius 3 is 2.67 bits per heavy atom. The van der Waals surface area contributed by atoms with Crippen molar-refractivity contribution in [2.75, 3.05) is 19.0 Å². The molecule has 0 spiro atoms. The van der Waals surface area contributed by atoms with E-state index in [1.54, 1.807) is 13.2 Å². The maximum Gasteiger partial charge on any atom is 0.422 e. The lowest BCUT2D eigenvalue weighted by Gasteiger charge is -2.31. The van der Waals surface area contributed by atoms with E-state index in [1.165, 1.54) is 12.3 Å². The Kier molecular flexibility index (Phi) is 5.27. The van der Waals surface area contributed by atoms with Gasteiger partial charge >= 0.3 is 6.18 Å². The van der Waals surface area contributed by atoms with Gasteiger partial charge in [0.05, 0.1) is 24.0 Å². The summed E-state index contributed by atoms with van der Waals surface area (Å²) >= 11 is 0. The molecule has 1 fully saturated rings. The molecule has 0 saturated heterocycles. The molecule has 1 aliphatic carbocycles. The number of aromatic nitrogens is 1. The van der Waals surface area contributed by atoms with Gasteiger partial charge in [-0.05, 0) is 18.9 Å². The third-order valence-corrected chi connectivity index (χ3v) is 3.48. The molecule has 2 rings (SSSR count). The van der Waals surface area contributed by atoms with Crippen LogP contribution in [0.3, 0.4) is 0 Å². The molecule has 0 aromatic carbocycles. The van der Waals surface area contributed by atoms with E-state index in [2.05, 4.69) is 15.0 Å². The standard InChI is InChI=1S/C14H19F3N2O2/c1-20-12-5-3-2-4-11(12)19-10-6-7-13(18-8-10)21-9-14(15,16)17/h6-8,11-12,19H,2-5,9H2,1H3. The van der Waals surface area contributed by atoms with Crippen molar-refractivity contribution in [1.82, 2.24) is 4.98 Å². The zero-order valence-electron chi connectivity index (χ0n) is 11.8. The fourth-order valence-corrected chi connectivity index (χ4v) is 2.46. The summed E-state index contributed by atoms with van der Waals surface area (Å²) in [6.45, 7) is -1.33. The van der Waals surface area contributed by atoms with Crippen LogP contribution in [0.25, 0.3) is 0 Å². The highest BCUT2D eigenvalue weighted by molar-refractivity contribution is 5.43. The summed E-state index contributed by atoms with van der Waals surface area (Å²) in [7, 11) is 1.69. The number of rotatable bonds is 5. The molecule has 21 heavy (non-hydrogen) atoms. The summed E-state index contributed by atoms with van der Waals surface area (Å²) < 4.78 is 46.1. The molecule has 2 atom stereocenters. The molecular formula is C14H19F3N2O2. The lowest BCUT2D eigenvalue weighted by molar-refractivity contribution is -0.154. The SMILES string of the molecule is COC1CCCCC1Nc1ccc(OCC(F)(F)F)nc1. The van der Waals surface area contributed by atoms with E-state index in [1.807, 2.05) is 0 Å². The highest BCUT2D eigenvalue weighted by Crippen LogP contribution is 2.24. The predicted octanol–water partition coefficient (Wildman–Crippen LogP) is 3.39. The van der Waals surface area contributed by atoms with Gasteiger partial charge in [0, 0.05) is 13.2 Å². The summed E-state index contributed by atoms with van der Waals surface area (Å²) in [6, 6.07) is 3.30. The van der Waals surface area contributed by atoms with Crippen molar-refractivity contribution in [1.29, 1.82) is 0 Å². The number of anilines is 1. The first-order valence-electron chi connectivity index (χ1n) is 6.93. The molecule has 1 heterocycles. The van der Waals surface area contributed by atoms with Gasteiger partial charge in [-0.15, -0.1) is 0 Å². The van der Waals surface area contributed by atoms with Crippen molar-refractivity contribution in [3.8, 4) is 5.88 Å². The molecule has 1 N–H and O–H groups in total. The molecule has 1 saturated carbocycles. The van der Waals surface area contributed by atoms with Gasteiger partial charge < -0.3 is 14.8 Å². The Hall–Kier alpha value is -1.50. The highest BCUT2D eigenvalue weighted by atomic mass is 19.4. The van der Waals surface area contributed by atoms with E-state index in [4.69, 9.17) is 4.74 Å². The average Bonchev–Trinajstić information content (AvgIpc) is 2.46. The number of nitrogens with one attached hydrogen (secondary N) is 1. The van der Waals surface area contributed by atoms with E-state index in [-0.39, 0.29) is 18.0 Å². The fraction of sp³-hybridized carbons (Fsp3) is 0.643. The molecule has 7 heteroatoms.